The van der Waals surface area contributed by atoms with Gasteiger partial charge in [-0.3, -0.25) is 4.99 Å². The number of ether oxygens (including phenoxy) is 2. The minimum Gasteiger partial charge on any atom is -0.489 e. The van der Waals surface area contributed by atoms with Gasteiger partial charge in [-0.15, -0.1) is 24.0 Å². The molecule has 27 heavy (non-hydrogen) atoms. The highest BCUT2D eigenvalue weighted by Gasteiger charge is 2.36. The van der Waals surface area contributed by atoms with Crippen LogP contribution in [0.4, 0.5) is 8.78 Å². The number of methoxy groups -OCH3 is 1. The zero-order valence-electron chi connectivity index (χ0n) is 16.0. The summed E-state index contributed by atoms with van der Waals surface area (Å²) in [7, 11) is 1.73. The maximum absolute atomic E-state index is 13.5. The van der Waals surface area contributed by atoms with E-state index in [1.807, 2.05) is 6.92 Å². The summed E-state index contributed by atoms with van der Waals surface area (Å²) in [6.07, 6.45) is 4.65. The first-order valence-electron chi connectivity index (χ1n) is 9.17. The number of hydrogen-bond acceptors (Lipinski definition) is 3. The zero-order valence-corrected chi connectivity index (χ0v) is 18.4. The smallest absolute Gasteiger partial charge is 0.191 e. The van der Waals surface area contributed by atoms with Crippen molar-refractivity contribution >= 4 is 29.9 Å². The number of halogens is 3. The van der Waals surface area contributed by atoms with Gasteiger partial charge in [0, 0.05) is 32.9 Å². The molecule has 1 fully saturated rings. The van der Waals surface area contributed by atoms with Crippen LogP contribution in [0.1, 0.15) is 32.6 Å². The van der Waals surface area contributed by atoms with Crippen molar-refractivity contribution in [3.05, 3.63) is 29.8 Å². The molecule has 154 valence electrons. The standard InChI is InChI=1S/C19H29F2N3O2.HI/c1-3-22-18(24-14-19(7-4-8-19)9-11-25-2)23-10-12-26-17-6-5-15(20)13-16(17)21;/h5-6,13H,3-4,7-12,14H2,1-2H3,(H2,22,23,24);1H. The Hall–Kier alpha value is -1.16. The first-order chi connectivity index (χ1) is 12.6. The Bertz CT molecular complexity index is 598. The molecule has 0 aromatic heterocycles. The van der Waals surface area contributed by atoms with E-state index in [0.717, 1.165) is 38.1 Å². The van der Waals surface area contributed by atoms with Gasteiger partial charge in [-0.2, -0.15) is 0 Å². The second-order valence-corrected chi connectivity index (χ2v) is 6.64. The molecule has 2 N–H and O–H groups in total. The summed E-state index contributed by atoms with van der Waals surface area (Å²) in [4.78, 5) is 4.69. The number of nitrogens with one attached hydrogen (secondary N) is 2. The molecule has 0 radical (unpaired) electrons. The first kappa shape index (κ1) is 23.9. The van der Waals surface area contributed by atoms with Crippen LogP contribution >= 0.6 is 24.0 Å². The van der Waals surface area contributed by atoms with Crippen molar-refractivity contribution in [1.29, 1.82) is 0 Å². The van der Waals surface area contributed by atoms with Gasteiger partial charge in [0.25, 0.3) is 0 Å². The Balaban J connectivity index is 0.00000364. The fraction of sp³-hybridized carbons (Fsp3) is 0.632. The van der Waals surface area contributed by atoms with Gasteiger partial charge in [0.05, 0.1) is 6.54 Å². The quantitative estimate of drug-likeness (QED) is 0.224. The maximum Gasteiger partial charge on any atom is 0.191 e. The monoisotopic (exact) mass is 497 g/mol. The molecular weight excluding hydrogens is 467 g/mol. The minimum absolute atomic E-state index is 0. The summed E-state index contributed by atoms with van der Waals surface area (Å²) in [6.45, 7) is 5.00. The number of guanidine groups is 1. The number of rotatable bonds is 10. The van der Waals surface area contributed by atoms with E-state index in [4.69, 9.17) is 14.5 Å². The highest BCUT2D eigenvalue weighted by atomic mass is 127. The van der Waals surface area contributed by atoms with Crippen molar-refractivity contribution in [3.63, 3.8) is 0 Å². The Morgan fingerprint density at radius 3 is 2.59 bits per heavy atom. The van der Waals surface area contributed by atoms with Crippen LogP contribution in [-0.4, -0.2) is 45.9 Å². The summed E-state index contributed by atoms with van der Waals surface area (Å²) >= 11 is 0. The number of nitrogens with zero attached hydrogens (tertiary/aromatic N) is 1. The van der Waals surface area contributed by atoms with Crippen LogP contribution in [0.3, 0.4) is 0 Å². The molecule has 0 aliphatic heterocycles. The lowest BCUT2D eigenvalue weighted by atomic mass is 9.67. The molecule has 0 unspecified atom stereocenters. The van der Waals surface area contributed by atoms with Crippen LogP contribution in [0.25, 0.3) is 0 Å². The lowest BCUT2D eigenvalue weighted by molar-refractivity contribution is 0.0778. The molecule has 2 rings (SSSR count). The van der Waals surface area contributed by atoms with Crippen LogP contribution < -0.4 is 15.4 Å². The molecule has 0 spiro atoms. The van der Waals surface area contributed by atoms with Crippen LogP contribution in [0, 0.1) is 17.0 Å². The summed E-state index contributed by atoms with van der Waals surface area (Å²) in [5, 5.41) is 6.39. The van der Waals surface area contributed by atoms with E-state index < -0.39 is 11.6 Å². The Kier molecular flexibility index (Phi) is 10.9. The van der Waals surface area contributed by atoms with Gasteiger partial charge in [-0.05, 0) is 43.7 Å². The second kappa shape index (κ2) is 12.3. The van der Waals surface area contributed by atoms with E-state index in [9.17, 15) is 8.78 Å². The Morgan fingerprint density at radius 2 is 2.00 bits per heavy atom. The SMILES string of the molecule is CCNC(=NCC1(CCOC)CCC1)NCCOc1ccc(F)cc1F.I. The molecule has 0 saturated heterocycles. The van der Waals surface area contributed by atoms with Gasteiger partial charge >= 0.3 is 0 Å². The van der Waals surface area contributed by atoms with Crippen molar-refractivity contribution in [2.45, 2.75) is 32.6 Å². The van der Waals surface area contributed by atoms with E-state index >= 15 is 0 Å². The highest BCUT2D eigenvalue weighted by Crippen LogP contribution is 2.44. The molecule has 1 aliphatic carbocycles. The van der Waals surface area contributed by atoms with Gasteiger partial charge in [0.15, 0.2) is 17.5 Å². The molecule has 1 saturated carbocycles. The average molecular weight is 497 g/mol. The van der Waals surface area contributed by atoms with Crippen LogP contribution in [0.5, 0.6) is 5.75 Å². The number of aliphatic imine (C=N–C) groups is 1. The minimum atomic E-state index is -0.698. The van der Waals surface area contributed by atoms with Gasteiger partial charge < -0.3 is 20.1 Å². The van der Waals surface area contributed by atoms with E-state index in [0.29, 0.717) is 6.54 Å². The maximum atomic E-state index is 13.5. The summed E-state index contributed by atoms with van der Waals surface area (Å²) in [5.41, 5.74) is 0.256. The fourth-order valence-corrected chi connectivity index (χ4v) is 2.99. The topological polar surface area (TPSA) is 54.9 Å². The van der Waals surface area contributed by atoms with Crippen molar-refractivity contribution in [3.8, 4) is 5.75 Å². The second-order valence-electron chi connectivity index (χ2n) is 6.64. The molecule has 0 amide bonds. The lowest BCUT2D eigenvalue weighted by Gasteiger charge is -2.40. The van der Waals surface area contributed by atoms with Crippen molar-refractivity contribution in [2.75, 3.05) is 40.0 Å². The van der Waals surface area contributed by atoms with E-state index in [-0.39, 0.29) is 41.7 Å². The predicted octanol–water partition coefficient (Wildman–Crippen LogP) is 3.72. The van der Waals surface area contributed by atoms with Crippen LogP contribution in [-0.2, 0) is 4.74 Å². The molecule has 0 heterocycles. The Labute approximate surface area is 177 Å². The fourth-order valence-electron chi connectivity index (χ4n) is 2.99. The van der Waals surface area contributed by atoms with Gasteiger partial charge in [-0.1, -0.05) is 6.42 Å². The molecule has 1 aromatic carbocycles. The summed E-state index contributed by atoms with van der Waals surface area (Å²) in [6, 6.07) is 3.28. The zero-order chi connectivity index (χ0) is 18.8. The molecule has 0 bridgehead atoms. The van der Waals surface area contributed by atoms with E-state index in [2.05, 4.69) is 10.6 Å². The predicted molar refractivity (Wildman–Crippen MR) is 114 cm³/mol. The van der Waals surface area contributed by atoms with Gasteiger partial charge in [0.1, 0.15) is 12.4 Å². The van der Waals surface area contributed by atoms with E-state index in [1.165, 1.54) is 31.4 Å². The van der Waals surface area contributed by atoms with Crippen LogP contribution in [0.2, 0.25) is 0 Å². The summed E-state index contributed by atoms with van der Waals surface area (Å²) < 4.78 is 37.0. The molecular formula is C19H30F2IN3O2. The molecule has 5 nitrogen and oxygen atoms in total. The first-order valence-corrected chi connectivity index (χ1v) is 9.17. The summed E-state index contributed by atoms with van der Waals surface area (Å²) in [5.74, 6) is -0.550. The van der Waals surface area contributed by atoms with E-state index in [1.54, 1.807) is 7.11 Å². The van der Waals surface area contributed by atoms with Crippen molar-refractivity contribution in [2.24, 2.45) is 10.4 Å². The third-order valence-corrected chi connectivity index (χ3v) is 4.71. The number of hydrogen-bond donors (Lipinski definition) is 2. The average Bonchev–Trinajstić information content (AvgIpc) is 2.58. The molecule has 8 heteroatoms. The highest BCUT2D eigenvalue weighted by molar-refractivity contribution is 14.0. The van der Waals surface area contributed by atoms with Crippen molar-refractivity contribution in [1.82, 2.24) is 10.6 Å². The molecule has 0 atom stereocenters. The number of benzene rings is 1. The lowest BCUT2D eigenvalue weighted by Crippen LogP contribution is -2.41. The Morgan fingerprint density at radius 1 is 1.22 bits per heavy atom. The van der Waals surface area contributed by atoms with Gasteiger partial charge in [0.2, 0.25) is 0 Å². The van der Waals surface area contributed by atoms with Crippen molar-refractivity contribution < 1.29 is 18.3 Å². The van der Waals surface area contributed by atoms with Crippen LogP contribution in [0.15, 0.2) is 23.2 Å². The molecule has 1 aliphatic rings. The molecule has 1 aromatic rings. The third-order valence-electron chi connectivity index (χ3n) is 4.71. The van der Waals surface area contributed by atoms with Gasteiger partial charge in [-0.25, -0.2) is 8.78 Å². The normalized spacial score (nSPS) is 15.5. The largest absolute Gasteiger partial charge is 0.489 e. The third kappa shape index (κ3) is 7.77.